The molecule has 6 nitrogen and oxygen atoms in total. The summed E-state index contributed by atoms with van der Waals surface area (Å²) in [5.41, 5.74) is 5.41. The fourth-order valence-electron chi connectivity index (χ4n) is 1.59. The van der Waals surface area contributed by atoms with Gasteiger partial charge in [-0.05, 0) is 19.1 Å². The van der Waals surface area contributed by atoms with Crippen molar-refractivity contribution in [2.45, 2.75) is 32.2 Å². The maximum absolute atomic E-state index is 11.9. The smallest absolute Gasteiger partial charge is 0.223 e. The minimum absolute atomic E-state index is 0.00430. The van der Waals surface area contributed by atoms with Crippen LogP contribution >= 0.6 is 0 Å². The molecule has 0 aliphatic carbocycles. The van der Waals surface area contributed by atoms with Gasteiger partial charge in [-0.25, -0.2) is 0 Å². The van der Waals surface area contributed by atoms with Crippen LogP contribution in [0.15, 0.2) is 28.0 Å². The van der Waals surface area contributed by atoms with E-state index >= 15 is 0 Å². The number of amides is 1. The molecule has 1 aromatic heterocycles. The van der Waals surface area contributed by atoms with Gasteiger partial charge in [0.25, 0.3) is 0 Å². The average molecular weight is 253 g/mol. The van der Waals surface area contributed by atoms with Gasteiger partial charge in [-0.2, -0.15) is 0 Å². The third kappa shape index (κ3) is 4.12. The van der Waals surface area contributed by atoms with Gasteiger partial charge < -0.3 is 20.3 Å². The zero-order chi connectivity index (χ0) is 13.5. The Balaban J connectivity index is 2.40. The second-order valence-electron chi connectivity index (χ2n) is 4.23. The van der Waals surface area contributed by atoms with Crippen LogP contribution in [0.5, 0.6) is 0 Å². The molecule has 0 aliphatic rings. The van der Waals surface area contributed by atoms with Crippen LogP contribution in [0.25, 0.3) is 0 Å². The third-order valence-electron chi connectivity index (χ3n) is 2.85. The lowest BCUT2D eigenvalue weighted by Crippen LogP contribution is -2.37. The second kappa shape index (κ2) is 6.68. The van der Waals surface area contributed by atoms with Crippen LogP contribution < -0.4 is 5.73 Å². The highest BCUT2D eigenvalue weighted by Gasteiger charge is 2.17. The van der Waals surface area contributed by atoms with Gasteiger partial charge in [0.05, 0.1) is 6.26 Å². The molecule has 1 rings (SSSR count). The molecule has 0 radical (unpaired) electrons. The molecule has 0 aromatic carbocycles. The predicted octanol–water partition coefficient (Wildman–Crippen LogP) is 1.20. The first-order valence-electron chi connectivity index (χ1n) is 5.79. The van der Waals surface area contributed by atoms with E-state index in [-0.39, 0.29) is 17.8 Å². The summed E-state index contributed by atoms with van der Waals surface area (Å²) in [6.45, 7) is 1.85. The lowest BCUT2D eigenvalue weighted by molar-refractivity contribution is -0.131. The maximum Gasteiger partial charge on any atom is 0.223 e. The second-order valence-corrected chi connectivity index (χ2v) is 4.23. The van der Waals surface area contributed by atoms with Gasteiger partial charge in [0.2, 0.25) is 5.91 Å². The van der Waals surface area contributed by atoms with Crippen molar-refractivity contribution >= 4 is 11.7 Å². The van der Waals surface area contributed by atoms with Crippen LogP contribution in [0.1, 0.15) is 25.5 Å². The number of carbonyl (C=O) groups excluding carboxylic acids is 1. The van der Waals surface area contributed by atoms with Gasteiger partial charge in [0.1, 0.15) is 11.6 Å². The van der Waals surface area contributed by atoms with E-state index in [2.05, 4.69) is 5.16 Å². The van der Waals surface area contributed by atoms with Gasteiger partial charge in [0, 0.05) is 32.4 Å². The Kier molecular flexibility index (Phi) is 5.23. The number of hydrogen-bond donors (Lipinski definition) is 2. The van der Waals surface area contributed by atoms with Crippen LogP contribution in [0.2, 0.25) is 0 Å². The molecule has 3 N–H and O–H groups in total. The van der Waals surface area contributed by atoms with E-state index in [0.717, 1.165) is 5.76 Å². The Morgan fingerprint density at radius 2 is 2.39 bits per heavy atom. The Morgan fingerprint density at radius 1 is 1.67 bits per heavy atom. The molecule has 100 valence electrons. The largest absolute Gasteiger partial charge is 0.469 e. The van der Waals surface area contributed by atoms with Gasteiger partial charge >= 0.3 is 0 Å². The SMILES string of the molecule is CC(CC(N)=NO)N(C)C(=O)CCc1ccco1. The van der Waals surface area contributed by atoms with E-state index in [4.69, 9.17) is 15.4 Å². The maximum atomic E-state index is 11.9. The zero-order valence-corrected chi connectivity index (χ0v) is 10.7. The fourth-order valence-corrected chi connectivity index (χ4v) is 1.59. The number of nitrogens with two attached hydrogens (primary N) is 1. The molecule has 0 saturated carbocycles. The van der Waals surface area contributed by atoms with Crippen molar-refractivity contribution in [3.8, 4) is 0 Å². The molecule has 0 fully saturated rings. The quantitative estimate of drug-likeness (QED) is 0.345. The summed E-state index contributed by atoms with van der Waals surface area (Å²) in [4.78, 5) is 13.5. The molecule has 1 amide bonds. The molecule has 0 aliphatic heterocycles. The summed E-state index contributed by atoms with van der Waals surface area (Å²) >= 11 is 0. The lowest BCUT2D eigenvalue weighted by Gasteiger charge is -2.24. The molecular formula is C12H19N3O3. The number of aryl methyl sites for hydroxylation is 1. The van der Waals surface area contributed by atoms with Gasteiger partial charge in [-0.3, -0.25) is 4.79 Å². The van der Waals surface area contributed by atoms with Crippen LogP contribution in [-0.4, -0.2) is 34.9 Å². The third-order valence-corrected chi connectivity index (χ3v) is 2.85. The van der Waals surface area contributed by atoms with E-state index in [1.54, 1.807) is 24.3 Å². The van der Waals surface area contributed by atoms with Crippen molar-refractivity contribution < 1.29 is 14.4 Å². The number of oxime groups is 1. The van der Waals surface area contributed by atoms with Crippen molar-refractivity contribution in [3.05, 3.63) is 24.2 Å². The molecular weight excluding hydrogens is 234 g/mol. The van der Waals surface area contributed by atoms with Crippen molar-refractivity contribution in [1.29, 1.82) is 0 Å². The number of carbonyl (C=O) groups is 1. The summed E-state index contributed by atoms with van der Waals surface area (Å²) in [6, 6.07) is 3.53. The van der Waals surface area contributed by atoms with Gasteiger partial charge in [-0.1, -0.05) is 5.16 Å². The summed E-state index contributed by atoms with van der Waals surface area (Å²) in [5.74, 6) is 0.915. The molecule has 1 aromatic rings. The minimum Gasteiger partial charge on any atom is -0.469 e. The van der Waals surface area contributed by atoms with E-state index in [1.165, 1.54) is 0 Å². The van der Waals surface area contributed by atoms with Crippen molar-refractivity contribution in [2.75, 3.05) is 7.05 Å². The summed E-state index contributed by atoms with van der Waals surface area (Å²) in [5, 5.41) is 11.4. The number of nitrogens with zero attached hydrogens (tertiary/aromatic N) is 2. The highest BCUT2D eigenvalue weighted by atomic mass is 16.4. The van der Waals surface area contributed by atoms with E-state index < -0.39 is 0 Å². The Labute approximate surface area is 106 Å². The molecule has 6 heteroatoms. The first-order valence-corrected chi connectivity index (χ1v) is 5.79. The highest BCUT2D eigenvalue weighted by Crippen LogP contribution is 2.08. The Morgan fingerprint density at radius 3 is 2.94 bits per heavy atom. The van der Waals surface area contributed by atoms with Gasteiger partial charge in [-0.15, -0.1) is 0 Å². The van der Waals surface area contributed by atoms with Crippen LogP contribution in [0.4, 0.5) is 0 Å². The van der Waals surface area contributed by atoms with Crippen LogP contribution in [-0.2, 0) is 11.2 Å². The number of hydrogen-bond acceptors (Lipinski definition) is 4. The predicted molar refractivity (Wildman–Crippen MR) is 67.3 cm³/mol. The highest BCUT2D eigenvalue weighted by molar-refractivity contribution is 5.81. The normalized spacial score (nSPS) is 13.3. The Bertz CT molecular complexity index is 401. The van der Waals surface area contributed by atoms with Gasteiger partial charge in [0.15, 0.2) is 0 Å². The monoisotopic (exact) mass is 253 g/mol. The lowest BCUT2D eigenvalue weighted by atomic mass is 10.1. The summed E-state index contributed by atoms with van der Waals surface area (Å²) in [6.07, 6.45) is 2.89. The first-order chi connectivity index (χ1) is 8.54. The molecule has 1 atom stereocenters. The van der Waals surface area contributed by atoms with Crippen molar-refractivity contribution in [2.24, 2.45) is 10.9 Å². The van der Waals surface area contributed by atoms with Crippen LogP contribution in [0, 0.1) is 0 Å². The standard InChI is InChI=1S/C12H19N3O3/c1-9(8-11(13)14-17)15(2)12(16)6-5-10-4-3-7-18-10/h3-4,7,9,17H,5-6,8H2,1-2H3,(H2,13,14). The number of rotatable bonds is 6. The van der Waals surface area contributed by atoms with Crippen LogP contribution in [0.3, 0.4) is 0 Å². The summed E-state index contributed by atoms with van der Waals surface area (Å²) < 4.78 is 5.16. The zero-order valence-electron chi connectivity index (χ0n) is 10.7. The molecule has 1 unspecified atom stereocenters. The van der Waals surface area contributed by atoms with Crippen molar-refractivity contribution in [1.82, 2.24) is 4.90 Å². The van der Waals surface area contributed by atoms with E-state index in [0.29, 0.717) is 19.3 Å². The molecule has 1 heterocycles. The van der Waals surface area contributed by atoms with E-state index in [1.807, 2.05) is 13.0 Å². The topological polar surface area (TPSA) is 92.1 Å². The molecule has 18 heavy (non-hydrogen) atoms. The number of amidine groups is 1. The fraction of sp³-hybridized carbons (Fsp3) is 0.500. The van der Waals surface area contributed by atoms with Crippen molar-refractivity contribution in [3.63, 3.8) is 0 Å². The Hall–Kier alpha value is -1.98. The number of furan rings is 1. The molecule has 0 spiro atoms. The minimum atomic E-state index is -0.106. The molecule has 0 bridgehead atoms. The van der Waals surface area contributed by atoms with E-state index in [9.17, 15) is 4.79 Å². The summed E-state index contributed by atoms with van der Waals surface area (Å²) in [7, 11) is 1.71. The molecule has 0 saturated heterocycles. The average Bonchev–Trinajstić information content (AvgIpc) is 2.87. The first kappa shape index (κ1) is 14.1.